The molecule has 0 unspecified atom stereocenters. The molecule has 0 aliphatic carbocycles. The Bertz CT molecular complexity index is 919. The summed E-state index contributed by atoms with van der Waals surface area (Å²) in [4.78, 5) is 19.3. The van der Waals surface area contributed by atoms with Gasteiger partial charge in [0.1, 0.15) is 5.65 Å². The third kappa shape index (κ3) is 3.47. The van der Waals surface area contributed by atoms with Crippen LogP contribution in [0.5, 0.6) is 0 Å². The number of ether oxygens (including phenoxy) is 1. The molecule has 4 heterocycles. The Kier molecular flexibility index (Phi) is 4.33. The van der Waals surface area contributed by atoms with Crippen molar-refractivity contribution in [1.29, 1.82) is 0 Å². The van der Waals surface area contributed by atoms with Crippen molar-refractivity contribution in [3.05, 3.63) is 64.5 Å². The van der Waals surface area contributed by atoms with Crippen molar-refractivity contribution in [2.75, 3.05) is 19.7 Å². The molecular weight excluding hydrogens is 318 g/mol. The first-order chi connectivity index (χ1) is 12.2. The number of pyridine rings is 1. The van der Waals surface area contributed by atoms with Crippen LogP contribution in [-0.4, -0.2) is 49.9 Å². The summed E-state index contributed by atoms with van der Waals surface area (Å²) in [6.07, 6.45) is 5.57. The van der Waals surface area contributed by atoms with Gasteiger partial charge in [0, 0.05) is 44.3 Å². The molecule has 4 rings (SSSR count). The van der Waals surface area contributed by atoms with Crippen LogP contribution in [0.2, 0.25) is 0 Å². The molecule has 7 nitrogen and oxygen atoms in total. The van der Waals surface area contributed by atoms with Gasteiger partial charge in [-0.05, 0) is 24.6 Å². The van der Waals surface area contributed by atoms with E-state index in [1.807, 2.05) is 36.0 Å². The van der Waals surface area contributed by atoms with Crippen LogP contribution in [0.3, 0.4) is 0 Å². The Morgan fingerprint density at radius 3 is 3.08 bits per heavy atom. The van der Waals surface area contributed by atoms with Crippen LogP contribution in [0.4, 0.5) is 0 Å². The van der Waals surface area contributed by atoms with E-state index in [1.165, 1.54) is 0 Å². The third-order valence-electron chi connectivity index (χ3n) is 4.50. The summed E-state index contributed by atoms with van der Waals surface area (Å²) in [5, 5.41) is 4.24. The quantitative estimate of drug-likeness (QED) is 0.712. The average Bonchev–Trinajstić information content (AvgIpc) is 3.09. The normalized spacial score (nSPS) is 18.7. The minimum Gasteiger partial charge on any atom is -0.374 e. The lowest BCUT2D eigenvalue weighted by Crippen LogP contribution is -2.44. The molecule has 1 aliphatic heterocycles. The predicted molar refractivity (Wildman–Crippen MR) is 93.4 cm³/mol. The maximum Gasteiger partial charge on any atom is 0.258 e. The molecule has 3 aromatic rings. The van der Waals surface area contributed by atoms with E-state index < -0.39 is 0 Å². The van der Waals surface area contributed by atoms with Crippen LogP contribution in [0.25, 0.3) is 5.65 Å². The fraction of sp³-hybridized carbons (Fsp3) is 0.389. The number of nitrogens with zero attached hydrogens (tertiary/aromatic N) is 5. The minimum atomic E-state index is -0.0370. The molecule has 1 atom stereocenters. The summed E-state index contributed by atoms with van der Waals surface area (Å²) < 4.78 is 9.33. The topological polar surface area (TPSA) is 64.7 Å². The van der Waals surface area contributed by atoms with Gasteiger partial charge in [-0.1, -0.05) is 6.07 Å². The van der Waals surface area contributed by atoms with Crippen LogP contribution in [0.1, 0.15) is 11.3 Å². The number of hydrogen-bond acceptors (Lipinski definition) is 5. The van der Waals surface area contributed by atoms with Crippen molar-refractivity contribution < 1.29 is 4.74 Å². The van der Waals surface area contributed by atoms with Crippen LogP contribution in [0, 0.1) is 6.92 Å². The molecule has 0 spiro atoms. The van der Waals surface area contributed by atoms with Gasteiger partial charge in [-0.15, -0.1) is 0 Å². The Labute approximate surface area is 145 Å². The maximum atomic E-state index is 12.3. The third-order valence-corrected chi connectivity index (χ3v) is 4.50. The summed E-state index contributed by atoms with van der Waals surface area (Å²) in [7, 11) is 0. The highest BCUT2D eigenvalue weighted by Crippen LogP contribution is 2.12. The van der Waals surface area contributed by atoms with Gasteiger partial charge in [0.25, 0.3) is 5.56 Å². The second kappa shape index (κ2) is 6.78. The van der Waals surface area contributed by atoms with E-state index in [0.717, 1.165) is 36.5 Å². The van der Waals surface area contributed by atoms with E-state index >= 15 is 0 Å². The smallest absolute Gasteiger partial charge is 0.258 e. The maximum absolute atomic E-state index is 12.3. The molecule has 0 N–H and O–H groups in total. The highest BCUT2D eigenvalue weighted by atomic mass is 16.5. The van der Waals surface area contributed by atoms with Crippen LogP contribution in [0.15, 0.2) is 47.7 Å². The largest absolute Gasteiger partial charge is 0.374 e. The van der Waals surface area contributed by atoms with Crippen molar-refractivity contribution in [2.45, 2.75) is 26.1 Å². The molecule has 0 radical (unpaired) electrons. The van der Waals surface area contributed by atoms with Crippen LogP contribution in [-0.2, 0) is 17.8 Å². The van der Waals surface area contributed by atoms with E-state index in [9.17, 15) is 4.79 Å². The second-order valence-corrected chi connectivity index (χ2v) is 6.43. The van der Waals surface area contributed by atoms with Gasteiger partial charge in [0.2, 0.25) is 0 Å². The van der Waals surface area contributed by atoms with Gasteiger partial charge in [-0.3, -0.25) is 18.8 Å². The van der Waals surface area contributed by atoms with Gasteiger partial charge in [-0.25, -0.2) is 4.98 Å². The summed E-state index contributed by atoms with van der Waals surface area (Å²) in [6.45, 7) is 5.67. The molecular formula is C18H21N5O2. The first-order valence-electron chi connectivity index (χ1n) is 8.48. The molecule has 1 saturated heterocycles. The number of hydrogen-bond donors (Lipinski definition) is 0. The van der Waals surface area contributed by atoms with Crippen molar-refractivity contribution >= 4 is 5.65 Å². The molecule has 1 aliphatic rings. The van der Waals surface area contributed by atoms with Crippen molar-refractivity contribution in [2.24, 2.45) is 0 Å². The number of aryl methyl sites for hydroxylation is 1. The molecule has 7 heteroatoms. The molecule has 1 fully saturated rings. The summed E-state index contributed by atoms with van der Waals surface area (Å²) in [6, 6.07) is 7.38. The lowest BCUT2D eigenvalue weighted by Gasteiger charge is -2.32. The number of morpholine rings is 1. The second-order valence-electron chi connectivity index (χ2n) is 6.43. The van der Waals surface area contributed by atoms with E-state index in [4.69, 9.17) is 9.72 Å². The van der Waals surface area contributed by atoms with Crippen LogP contribution < -0.4 is 5.56 Å². The fourth-order valence-electron chi connectivity index (χ4n) is 3.27. The van der Waals surface area contributed by atoms with Gasteiger partial charge < -0.3 is 4.74 Å². The first kappa shape index (κ1) is 16.0. The molecule has 0 amide bonds. The Balaban J connectivity index is 1.50. The predicted octanol–water partition coefficient (Wildman–Crippen LogP) is 1.10. The average molecular weight is 339 g/mol. The Hall–Kier alpha value is -2.51. The molecule has 3 aromatic heterocycles. The summed E-state index contributed by atoms with van der Waals surface area (Å²) >= 11 is 0. The Morgan fingerprint density at radius 2 is 2.24 bits per heavy atom. The zero-order valence-electron chi connectivity index (χ0n) is 14.2. The zero-order valence-corrected chi connectivity index (χ0v) is 14.2. The lowest BCUT2D eigenvalue weighted by molar-refractivity contribution is -0.0405. The molecule has 0 bridgehead atoms. The fourth-order valence-corrected chi connectivity index (χ4v) is 3.27. The molecule has 0 aromatic carbocycles. The molecule has 130 valence electrons. The van der Waals surface area contributed by atoms with Gasteiger partial charge >= 0.3 is 0 Å². The lowest BCUT2D eigenvalue weighted by atomic mass is 10.2. The van der Waals surface area contributed by atoms with Gasteiger partial charge in [0.15, 0.2) is 0 Å². The number of aromatic nitrogens is 4. The van der Waals surface area contributed by atoms with E-state index in [1.54, 1.807) is 22.9 Å². The number of fused-ring (bicyclic) bond motifs is 1. The highest BCUT2D eigenvalue weighted by Gasteiger charge is 2.21. The SMILES string of the molecule is Cc1cccn2c(=O)cc(CN3CCO[C@H](Cn4cccn4)C3)nc12. The monoisotopic (exact) mass is 339 g/mol. The van der Waals surface area contributed by atoms with Crippen molar-refractivity contribution in [1.82, 2.24) is 24.1 Å². The van der Waals surface area contributed by atoms with E-state index in [2.05, 4.69) is 10.00 Å². The van der Waals surface area contributed by atoms with Crippen molar-refractivity contribution in [3.63, 3.8) is 0 Å². The Morgan fingerprint density at radius 1 is 1.32 bits per heavy atom. The summed E-state index contributed by atoms with van der Waals surface area (Å²) in [5.41, 5.74) is 2.50. The molecule has 25 heavy (non-hydrogen) atoms. The van der Waals surface area contributed by atoms with E-state index in [0.29, 0.717) is 13.2 Å². The van der Waals surface area contributed by atoms with Crippen molar-refractivity contribution in [3.8, 4) is 0 Å². The standard InChI is InChI=1S/C18H21N5O2/c1-14-4-2-7-23-17(24)10-15(20-18(14)23)11-21-8-9-25-16(12-21)13-22-6-3-5-19-22/h2-7,10,16H,8-9,11-13H2,1H3/t16-/m0/s1. The molecule has 0 saturated carbocycles. The van der Waals surface area contributed by atoms with Gasteiger partial charge in [-0.2, -0.15) is 5.10 Å². The summed E-state index contributed by atoms with van der Waals surface area (Å²) in [5.74, 6) is 0. The highest BCUT2D eigenvalue weighted by molar-refractivity contribution is 5.46. The van der Waals surface area contributed by atoms with Gasteiger partial charge in [0.05, 0.1) is 24.9 Å². The van der Waals surface area contributed by atoms with E-state index in [-0.39, 0.29) is 11.7 Å². The first-order valence-corrected chi connectivity index (χ1v) is 8.48. The minimum absolute atomic E-state index is 0.0370. The van der Waals surface area contributed by atoms with Crippen LogP contribution >= 0.6 is 0 Å². The number of rotatable bonds is 4. The zero-order chi connectivity index (χ0) is 17.2.